The quantitative estimate of drug-likeness (QED) is 0.254. The summed E-state index contributed by atoms with van der Waals surface area (Å²) < 4.78 is 5.45. The minimum atomic E-state index is 0.631. The van der Waals surface area contributed by atoms with Crippen LogP contribution < -0.4 is 0 Å². The molecule has 0 amide bonds. The average Bonchev–Trinajstić information content (AvgIpc) is 2.48. The first kappa shape index (κ1) is 20.0. The Morgan fingerprint density at radius 3 is 1.27 bits per heavy atom. The van der Waals surface area contributed by atoms with Crippen molar-refractivity contribution in [2.24, 2.45) is 0 Å². The molecule has 1 fully saturated rings. The zero-order valence-corrected chi connectivity index (χ0v) is 15.4. The standard InChI is InChI=1S/C21H42O/c1-2-3-4-5-6-7-8-9-10-11-12-13-14-15-16-17-18-21-19-20-22-21/h21H,2-20H2,1H3. The zero-order valence-electron chi connectivity index (χ0n) is 15.4. The van der Waals surface area contributed by atoms with Gasteiger partial charge in [-0.2, -0.15) is 0 Å². The summed E-state index contributed by atoms with van der Waals surface area (Å²) in [5.41, 5.74) is 0. The molecule has 1 saturated heterocycles. The van der Waals surface area contributed by atoms with Gasteiger partial charge >= 0.3 is 0 Å². The van der Waals surface area contributed by atoms with Crippen LogP contribution in [0, 0.1) is 0 Å². The van der Waals surface area contributed by atoms with Crippen LogP contribution in [-0.2, 0) is 4.74 Å². The van der Waals surface area contributed by atoms with Gasteiger partial charge in [0.15, 0.2) is 0 Å². The van der Waals surface area contributed by atoms with Crippen LogP contribution in [0.15, 0.2) is 0 Å². The molecule has 0 aromatic rings. The van der Waals surface area contributed by atoms with Crippen LogP contribution in [0.25, 0.3) is 0 Å². The Kier molecular flexibility index (Phi) is 14.4. The fourth-order valence-corrected chi connectivity index (χ4v) is 3.43. The molecule has 0 aliphatic carbocycles. The van der Waals surface area contributed by atoms with E-state index in [1.807, 2.05) is 0 Å². The summed E-state index contributed by atoms with van der Waals surface area (Å²) in [6.45, 7) is 3.31. The molecule has 1 aliphatic rings. The van der Waals surface area contributed by atoms with Crippen LogP contribution in [0.5, 0.6) is 0 Å². The van der Waals surface area contributed by atoms with E-state index >= 15 is 0 Å². The van der Waals surface area contributed by atoms with Crippen molar-refractivity contribution in [3.8, 4) is 0 Å². The molecule has 1 heterocycles. The maximum absolute atomic E-state index is 5.45. The molecule has 22 heavy (non-hydrogen) atoms. The Hall–Kier alpha value is -0.0400. The minimum Gasteiger partial charge on any atom is -0.378 e. The van der Waals surface area contributed by atoms with Gasteiger partial charge in [0.1, 0.15) is 0 Å². The second-order valence-corrected chi connectivity index (χ2v) is 7.37. The van der Waals surface area contributed by atoms with E-state index in [1.165, 1.54) is 116 Å². The summed E-state index contributed by atoms with van der Waals surface area (Å²) in [6.07, 6.45) is 26.6. The second-order valence-electron chi connectivity index (χ2n) is 7.37. The molecule has 0 radical (unpaired) electrons. The third-order valence-corrected chi connectivity index (χ3v) is 5.17. The molecule has 0 N–H and O–H groups in total. The molecule has 1 aliphatic heterocycles. The van der Waals surface area contributed by atoms with Crippen LogP contribution in [0.1, 0.15) is 122 Å². The molecular formula is C21H42O. The van der Waals surface area contributed by atoms with Gasteiger partial charge in [-0.3, -0.25) is 0 Å². The lowest BCUT2D eigenvalue weighted by molar-refractivity contribution is -0.0555. The highest BCUT2D eigenvalue weighted by molar-refractivity contribution is 4.65. The van der Waals surface area contributed by atoms with E-state index in [0.29, 0.717) is 6.10 Å². The van der Waals surface area contributed by atoms with Crippen LogP contribution in [0.4, 0.5) is 0 Å². The third kappa shape index (κ3) is 12.5. The van der Waals surface area contributed by atoms with Crippen molar-refractivity contribution < 1.29 is 4.74 Å². The van der Waals surface area contributed by atoms with E-state index in [0.717, 1.165) is 6.61 Å². The Morgan fingerprint density at radius 1 is 0.591 bits per heavy atom. The van der Waals surface area contributed by atoms with E-state index in [9.17, 15) is 0 Å². The first-order chi connectivity index (χ1) is 10.9. The second kappa shape index (κ2) is 15.8. The van der Waals surface area contributed by atoms with Crippen molar-refractivity contribution in [3.05, 3.63) is 0 Å². The van der Waals surface area contributed by atoms with E-state index < -0.39 is 0 Å². The van der Waals surface area contributed by atoms with Crippen LogP contribution >= 0.6 is 0 Å². The molecule has 0 aromatic heterocycles. The number of ether oxygens (including phenoxy) is 1. The predicted molar refractivity (Wildman–Crippen MR) is 98.5 cm³/mol. The van der Waals surface area contributed by atoms with Crippen LogP contribution in [-0.4, -0.2) is 12.7 Å². The SMILES string of the molecule is CCCCCCCCCCCCCCCCCCC1CCO1. The molecule has 1 atom stereocenters. The van der Waals surface area contributed by atoms with E-state index in [4.69, 9.17) is 4.74 Å². The smallest absolute Gasteiger partial charge is 0.0597 e. The first-order valence-electron chi connectivity index (χ1n) is 10.5. The highest BCUT2D eigenvalue weighted by atomic mass is 16.5. The fraction of sp³-hybridized carbons (Fsp3) is 1.00. The van der Waals surface area contributed by atoms with E-state index in [2.05, 4.69) is 6.92 Å². The lowest BCUT2D eigenvalue weighted by atomic mass is 10.0. The van der Waals surface area contributed by atoms with Gasteiger partial charge in [0.05, 0.1) is 6.10 Å². The average molecular weight is 311 g/mol. The van der Waals surface area contributed by atoms with Crippen molar-refractivity contribution in [2.75, 3.05) is 6.61 Å². The fourth-order valence-electron chi connectivity index (χ4n) is 3.43. The Morgan fingerprint density at radius 2 is 0.955 bits per heavy atom. The maximum atomic E-state index is 5.45. The molecule has 132 valence electrons. The van der Waals surface area contributed by atoms with Gasteiger partial charge in [0.25, 0.3) is 0 Å². The van der Waals surface area contributed by atoms with Gasteiger partial charge in [0, 0.05) is 6.61 Å². The molecular weight excluding hydrogens is 268 g/mol. The monoisotopic (exact) mass is 310 g/mol. The van der Waals surface area contributed by atoms with Crippen molar-refractivity contribution in [1.82, 2.24) is 0 Å². The molecule has 1 heteroatoms. The van der Waals surface area contributed by atoms with Gasteiger partial charge in [-0.15, -0.1) is 0 Å². The molecule has 0 aromatic carbocycles. The van der Waals surface area contributed by atoms with Crippen LogP contribution in [0.2, 0.25) is 0 Å². The largest absolute Gasteiger partial charge is 0.378 e. The summed E-state index contributed by atoms with van der Waals surface area (Å²) >= 11 is 0. The number of hydrogen-bond acceptors (Lipinski definition) is 1. The topological polar surface area (TPSA) is 9.23 Å². The highest BCUT2D eigenvalue weighted by Gasteiger charge is 2.16. The number of unbranched alkanes of at least 4 members (excludes halogenated alkanes) is 15. The summed E-state index contributed by atoms with van der Waals surface area (Å²) in [5.74, 6) is 0. The van der Waals surface area contributed by atoms with Crippen molar-refractivity contribution in [1.29, 1.82) is 0 Å². The third-order valence-electron chi connectivity index (χ3n) is 5.17. The summed E-state index contributed by atoms with van der Waals surface area (Å²) in [5, 5.41) is 0. The maximum Gasteiger partial charge on any atom is 0.0597 e. The first-order valence-corrected chi connectivity index (χ1v) is 10.5. The number of rotatable bonds is 17. The minimum absolute atomic E-state index is 0.631. The van der Waals surface area contributed by atoms with Crippen molar-refractivity contribution >= 4 is 0 Å². The normalized spacial score (nSPS) is 17.6. The molecule has 0 spiro atoms. The zero-order chi connectivity index (χ0) is 15.7. The van der Waals surface area contributed by atoms with Gasteiger partial charge in [-0.05, 0) is 12.8 Å². The highest BCUT2D eigenvalue weighted by Crippen LogP contribution is 2.19. The van der Waals surface area contributed by atoms with E-state index in [-0.39, 0.29) is 0 Å². The van der Waals surface area contributed by atoms with Crippen molar-refractivity contribution in [2.45, 2.75) is 129 Å². The van der Waals surface area contributed by atoms with Gasteiger partial charge in [-0.25, -0.2) is 0 Å². The molecule has 1 unspecified atom stereocenters. The Balaban J connectivity index is 1.61. The summed E-state index contributed by atoms with van der Waals surface area (Å²) in [6, 6.07) is 0. The van der Waals surface area contributed by atoms with Gasteiger partial charge in [0.2, 0.25) is 0 Å². The number of hydrogen-bond donors (Lipinski definition) is 0. The molecule has 0 bridgehead atoms. The molecule has 1 rings (SSSR count). The summed E-state index contributed by atoms with van der Waals surface area (Å²) in [7, 11) is 0. The Labute approximate surface area is 140 Å². The molecule has 0 saturated carbocycles. The van der Waals surface area contributed by atoms with Gasteiger partial charge in [-0.1, -0.05) is 110 Å². The lowest BCUT2D eigenvalue weighted by Gasteiger charge is -2.26. The summed E-state index contributed by atoms with van der Waals surface area (Å²) in [4.78, 5) is 0. The lowest BCUT2D eigenvalue weighted by Crippen LogP contribution is -2.26. The molecule has 1 nitrogen and oxygen atoms in total. The van der Waals surface area contributed by atoms with E-state index in [1.54, 1.807) is 0 Å². The van der Waals surface area contributed by atoms with Crippen molar-refractivity contribution in [3.63, 3.8) is 0 Å². The van der Waals surface area contributed by atoms with Gasteiger partial charge < -0.3 is 4.74 Å². The van der Waals surface area contributed by atoms with Crippen LogP contribution in [0.3, 0.4) is 0 Å². The predicted octanol–water partition coefficient (Wildman–Crippen LogP) is 7.43. The Bertz CT molecular complexity index is 210.